The minimum atomic E-state index is 0.490. The van der Waals surface area contributed by atoms with Crippen molar-refractivity contribution in [3.05, 3.63) is 40.6 Å². The maximum Gasteiger partial charge on any atom is 0.218 e. The van der Waals surface area contributed by atoms with Gasteiger partial charge >= 0.3 is 0 Å². The summed E-state index contributed by atoms with van der Waals surface area (Å²) in [5, 5.41) is 8.80. The van der Waals surface area contributed by atoms with E-state index in [1.165, 1.54) is 16.4 Å². The lowest BCUT2D eigenvalue weighted by Crippen LogP contribution is -2.15. The van der Waals surface area contributed by atoms with Crippen LogP contribution < -0.4 is 15.3 Å². The van der Waals surface area contributed by atoms with E-state index in [1.54, 1.807) is 18.4 Å². The van der Waals surface area contributed by atoms with E-state index in [-0.39, 0.29) is 0 Å². The lowest BCUT2D eigenvalue weighted by Gasteiger charge is -2.19. The molecule has 0 amide bonds. The van der Waals surface area contributed by atoms with E-state index in [2.05, 4.69) is 26.1 Å². The molecular formula is C15H13BrN4O3S. The molecule has 0 saturated heterocycles. The number of hydrogen-bond donors (Lipinski definition) is 1. The van der Waals surface area contributed by atoms with Crippen molar-refractivity contribution in [3.63, 3.8) is 0 Å². The largest absolute Gasteiger partial charge is 0.486 e. The zero-order valence-corrected chi connectivity index (χ0v) is 14.8. The fourth-order valence-electron chi connectivity index (χ4n) is 2.31. The van der Waals surface area contributed by atoms with E-state index in [4.69, 9.17) is 19.7 Å². The number of benzene rings is 1. The number of fused-ring (bicyclic) bond motifs is 1. The second-order valence-corrected chi connectivity index (χ2v) is 6.83. The molecule has 9 heteroatoms. The molecule has 24 heavy (non-hydrogen) atoms. The van der Waals surface area contributed by atoms with Gasteiger partial charge in [0.25, 0.3) is 0 Å². The first-order valence-corrected chi connectivity index (χ1v) is 8.95. The Morgan fingerprint density at radius 1 is 1.21 bits per heavy atom. The summed E-state index contributed by atoms with van der Waals surface area (Å²) in [6.07, 6.45) is 1.57. The van der Waals surface area contributed by atoms with E-state index in [9.17, 15) is 0 Å². The molecule has 3 heterocycles. The highest BCUT2D eigenvalue weighted by molar-refractivity contribution is 9.10. The van der Waals surface area contributed by atoms with Crippen LogP contribution in [0.1, 0.15) is 5.56 Å². The molecule has 7 nitrogen and oxygen atoms in total. The summed E-state index contributed by atoms with van der Waals surface area (Å²) in [4.78, 5) is 0. The topological polar surface area (TPSA) is 88.3 Å². The zero-order valence-electron chi connectivity index (χ0n) is 12.4. The molecule has 0 saturated carbocycles. The Bertz CT molecular complexity index is 866. The first-order valence-electron chi connectivity index (χ1n) is 7.17. The minimum Gasteiger partial charge on any atom is -0.486 e. The molecule has 3 aromatic rings. The summed E-state index contributed by atoms with van der Waals surface area (Å²) in [5.41, 5.74) is 1.06. The molecule has 0 bridgehead atoms. The van der Waals surface area contributed by atoms with Crippen LogP contribution in [-0.4, -0.2) is 28.1 Å². The van der Waals surface area contributed by atoms with Gasteiger partial charge in [-0.2, -0.15) is 0 Å². The van der Waals surface area contributed by atoms with E-state index >= 15 is 0 Å². The fraction of sp³-hybridized carbons (Fsp3) is 0.200. The molecule has 0 atom stereocenters. The zero-order chi connectivity index (χ0) is 16.5. The first kappa shape index (κ1) is 15.4. The third-order valence-electron chi connectivity index (χ3n) is 3.47. The second-order valence-electron chi connectivity index (χ2n) is 5.03. The minimum absolute atomic E-state index is 0.490. The molecule has 124 valence electrons. The normalized spacial score (nSPS) is 13.2. The standard InChI is InChI=1S/C15H13BrN4O3S/c16-10-7-13-12(22-4-5-23-13)6-9(10)8-24-15-19-18-14(20(15)17)11-2-1-3-21-11/h1-3,6-7H,4-5,8,17H2. The molecule has 0 unspecified atom stereocenters. The number of hydrogen-bond acceptors (Lipinski definition) is 7. The van der Waals surface area contributed by atoms with Crippen LogP contribution in [0.2, 0.25) is 0 Å². The van der Waals surface area contributed by atoms with E-state index in [1.807, 2.05) is 12.1 Å². The Morgan fingerprint density at radius 3 is 2.75 bits per heavy atom. The molecule has 1 aliphatic heterocycles. The summed E-state index contributed by atoms with van der Waals surface area (Å²) in [6, 6.07) is 7.46. The number of nitrogens with zero attached hydrogens (tertiary/aromatic N) is 3. The van der Waals surface area contributed by atoms with Crippen LogP contribution in [0.4, 0.5) is 0 Å². The molecule has 1 aliphatic rings. The molecule has 1 aromatic carbocycles. The van der Waals surface area contributed by atoms with Crippen molar-refractivity contribution in [2.75, 3.05) is 19.1 Å². The lowest BCUT2D eigenvalue weighted by atomic mass is 10.2. The Labute approximate surface area is 150 Å². The monoisotopic (exact) mass is 408 g/mol. The maximum atomic E-state index is 6.06. The number of thioether (sulfide) groups is 1. The van der Waals surface area contributed by atoms with Gasteiger partial charge in [-0.1, -0.05) is 27.7 Å². The van der Waals surface area contributed by atoms with E-state index in [0.717, 1.165) is 21.5 Å². The van der Waals surface area contributed by atoms with E-state index < -0.39 is 0 Å². The predicted octanol–water partition coefficient (Wildman–Crippen LogP) is 3.08. The maximum absolute atomic E-state index is 6.06. The molecule has 4 rings (SSSR count). The summed E-state index contributed by atoms with van der Waals surface area (Å²) in [5.74, 6) is 9.30. The number of ether oxygens (including phenoxy) is 2. The molecule has 0 spiro atoms. The van der Waals surface area contributed by atoms with Crippen LogP contribution in [0.3, 0.4) is 0 Å². The second kappa shape index (κ2) is 6.40. The van der Waals surface area contributed by atoms with Crippen LogP contribution in [0.5, 0.6) is 11.5 Å². The van der Waals surface area contributed by atoms with Crippen molar-refractivity contribution < 1.29 is 13.9 Å². The van der Waals surface area contributed by atoms with Gasteiger partial charge in [-0.25, -0.2) is 4.68 Å². The SMILES string of the molecule is Nn1c(SCc2cc3c(cc2Br)OCCO3)nnc1-c1ccco1. The average Bonchev–Trinajstić information content (AvgIpc) is 3.23. The van der Waals surface area contributed by atoms with Crippen LogP contribution in [0.15, 0.2) is 44.6 Å². The fourth-order valence-corrected chi connectivity index (χ4v) is 3.80. The smallest absolute Gasteiger partial charge is 0.218 e. The highest BCUT2D eigenvalue weighted by Crippen LogP contribution is 2.37. The van der Waals surface area contributed by atoms with Gasteiger partial charge in [0.15, 0.2) is 17.3 Å². The highest BCUT2D eigenvalue weighted by atomic mass is 79.9. The number of nitrogen functional groups attached to an aromatic ring is 1. The Balaban J connectivity index is 1.53. The van der Waals surface area contributed by atoms with Crippen molar-refractivity contribution in [2.45, 2.75) is 10.9 Å². The van der Waals surface area contributed by atoms with Gasteiger partial charge in [0.05, 0.1) is 6.26 Å². The molecule has 2 N–H and O–H groups in total. The van der Waals surface area contributed by atoms with Crippen molar-refractivity contribution in [1.29, 1.82) is 0 Å². The molecular weight excluding hydrogens is 396 g/mol. The van der Waals surface area contributed by atoms with Gasteiger partial charge in [0.1, 0.15) is 13.2 Å². The van der Waals surface area contributed by atoms with Gasteiger partial charge < -0.3 is 19.7 Å². The summed E-state index contributed by atoms with van der Waals surface area (Å²) < 4.78 is 18.9. The van der Waals surface area contributed by atoms with Crippen molar-refractivity contribution in [3.8, 4) is 23.1 Å². The summed E-state index contributed by atoms with van der Waals surface area (Å²) in [6.45, 7) is 1.13. The third-order valence-corrected chi connectivity index (χ3v) is 5.20. The Morgan fingerprint density at radius 2 is 2.00 bits per heavy atom. The summed E-state index contributed by atoms with van der Waals surface area (Å²) >= 11 is 5.05. The Hall–Kier alpha value is -2.13. The highest BCUT2D eigenvalue weighted by Gasteiger charge is 2.17. The summed E-state index contributed by atoms with van der Waals surface area (Å²) in [7, 11) is 0. The van der Waals surface area contributed by atoms with Gasteiger partial charge in [-0.05, 0) is 29.8 Å². The predicted molar refractivity (Wildman–Crippen MR) is 92.6 cm³/mol. The number of aromatic nitrogens is 3. The number of furan rings is 1. The van der Waals surface area contributed by atoms with Gasteiger partial charge in [-0.15, -0.1) is 10.2 Å². The van der Waals surface area contributed by atoms with E-state index in [0.29, 0.717) is 35.7 Å². The van der Waals surface area contributed by atoms with Crippen LogP contribution in [0, 0.1) is 0 Å². The Kier molecular flexibility index (Phi) is 4.11. The number of halogens is 1. The van der Waals surface area contributed by atoms with Crippen molar-refractivity contribution >= 4 is 27.7 Å². The van der Waals surface area contributed by atoms with Gasteiger partial charge in [0.2, 0.25) is 11.0 Å². The third kappa shape index (κ3) is 2.84. The quantitative estimate of drug-likeness (QED) is 0.523. The molecule has 0 radical (unpaired) electrons. The lowest BCUT2D eigenvalue weighted by molar-refractivity contribution is 0.171. The van der Waals surface area contributed by atoms with Gasteiger partial charge in [0, 0.05) is 10.2 Å². The number of rotatable bonds is 4. The van der Waals surface area contributed by atoms with Crippen LogP contribution >= 0.6 is 27.7 Å². The van der Waals surface area contributed by atoms with Crippen LogP contribution in [0.25, 0.3) is 11.6 Å². The van der Waals surface area contributed by atoms with Crippen LogP contribution in [-0.2, 0) is 5.75 Å². The molecule has 0 aliphatic carbocycles. The molecule has 0 fully saturated rings. The number of nitrogens with two attached hydrogens (primary N) is 1. The molecule has 2 aromatic heterocycles. The van der Waals surface area contributed by atoms with Gasteiger partial charge in [-0.3, -0.25) is 0 Å². The first-order chi connectivity index (χ1) is 11.7. The average molecular weight is 409 g/mol. The van der Waals surface area contributed by atoms with Crippen molar-refractivity contribution in [1.82, 2.24) is 14.9 Å². The van der Waals surface area contributed by atoms with Crippen molar-refractivity contribution in [2.24, 2.45) is 0 Å².